The smallest absolute Gasteiger partial charge is 0.337 e. The lowest BCUT2D eigenvalue weighted by atomic mass is 10.1. The van der Waals surface area contributed by atoms with Gasteiger partial charge in [-0.1, -0.05) is 11.8 Å². The van der Waals surface area contributed by atoms with E-state index >= 15 is 0 Å². The van der Waals surface area contributed by atoms with Gasteiger partial charge in [-0.05, 0) is 48.5 Å². The molecule has 0 fully saturated rings. The molecule has 8 heteroatoms. The number of aromatic nitrogens is 2. The fraction of sp³-hybridized carbons (Fsp3) is 0.143. The average molecular weight is 412 g/mol. The lowest BCUT2D eigenvalue weighted by Gasteiger charge is -2.08. The Balaban J connectivity index is 2.06. The molecule has 6 nitrogen and oxygen atoms in total. The molecule has 0 saturated heterocycles. The maximum atomic E-state index is 13.1. The first-order chi connectivity index (χ1) is 13.8. The van der Waals surface area contributed by atoms with Crippen LogP contribution >= 0.6 is 0 Å². The van der Waals surface area contributed by atoms with Gasteiger partial charge < -0.3 is 4.74 Å². The van der Waals surface area contributed by atoms with Crippen LogP contribution in [0.5, 0.6) is 0 Å². The number of nitrogens with zero attached hydrogens (tertiary/aromatic N) is 2. The molecule has 148 valence electrons. The van der Waals surface area contributed by atoms with Crippen LogP contribution in [0.4, 0.5) is 4.39 Å². The maximum absolute atomic E-state index is 13.1. The number of sulfone groups is 1. The van der Waals surface area contributed by atoms with E-state index in [0.717, 1.165) is 0 Å². The zero-order chi connectivity index (χ0) is 21.0. The quantitative estimate of drug-likeness (QED) is 0.486. The topological polar surface area (TPSA) is 78.3 Å². The molecule has 29 heavy (non-hydrogen) atoms. The molecule has 0 atom stereocenters. The summed E-state index contributed by atoms with van der Waals surface area (Å²) >= 11 is 0. The molecular weight excluding hydrogens is 395 g/mol. The van der Waals surface area contributed by atoms with Crippen molar-refractivity contribution < 1.29 is 22.3 Å². The Labute approximate surface area is 167 Å². The lowest BCUT2D eigenvalue weighted by Crippen LogP contribution is -2.10. The monoisotopic (exact) mass is 412 g/mol. The van der Waals surface area contributed by atoms with Crippen LogP contribution in [-0.4, -0.2) is 31.3 Å². The van der Waals surface area contributed by atoms with Gasteiger partial charge in [-0.25, -0.2) is 17.6 Å². The van der Waals surface area contributed by atoms with Crippen molar-refractivity contribution >= 4 is 15.8 Å². The molecule has 3 aromatic rings. The van der Waals surface area contributed by atoms with E-state index in [9.17, 15) is 17.6 Å². The van der Waals surface area contributed by atoms with Crippen LogP contribution in [0.15, 0.2) is 59.6 Å². The minimum atomic E-state index is -3.78. The first-order valence-electron chi connectivity index (χ1n) is 8.50. The number of carbonyl (C=O) groups is 1. The van der Waals surface area contributed by atoms with Crippen LogP contribution in [0.25, 0.3) is 0 Å². The van der Waals surface area contributed by atoms with E-state index in [1.807, 2.05) is 0 Å². The van der Waals surface area contributed by atoms with E-state index < -0.39 is 21.6 Å². The van der Waals surface area contributed by atoms with Crippen molar-refractivity contribution in [1.82, 2.24) is 9.78 Å². The Morgan fingerprint density at radius 3 is 2.48 bits per heavy atom. The molecule has 1 aromatic heterocycles. The normalized spacial score (nSPS) is 10.9. The van der Waals surface area contributed by atoms with Crippen molar-refractivity contribution in [1.29, 1.82) is 0 Å². The summed E-state index contributed by atoms with van der Waals surface area (Å²) in [4.78, 5) is 11.8. The zero-order valence-electron chi connectivity index (χ0n) is 15.7. The van der Waals surface area contributed by atoms with Crippen molar-refractivity contribution in [2.24, 2.45) is 7.05 Å². The van der Waals surface area contributed by atoms with Crippen molar-refractivity contribution in [3.8, 4) is 11.8 Å². The summed E-state index contributed by atoms with van der Waals surface area (Å²) in [5.74, 6) is 4.26. The number of ether oxygens (including phenoxy) is 1. The molecule has 0 aliphatic heterocycles. The van der Waals surface area contributed by atoms with Crippen LogP contribution in [0.2, 0.25) is 0 Å². The highest BCUT2D eigenvalue weighted by Gasteiger charge is 2.21. The lowest BCUT2D eigenvalue weighted by molar-refractivity contribution is 0.0600. The summed E-state index contributed by atoms with van der Waals surface area (Å²) in [5.41, 5.74) is 1.21. The number of methoxy groups -OCH3 is 1. The van der Waals surface area contributed by atoms with Crippen molar-refractivity contribution in [3.63, 3.8) is 0 Å². The standard InChI is InChI=1S/C21H17FN2O4S/c1-24-12-11-19(23-24)14-29(26,27)20-10-7-17(21(25)28-2)13-16(20)6-3-15-4-8-18(22)9-5-15/h4-5,7-13H,14H2,1-2H3. The predicted molar refractivity (Wildman–Crippen MR) is 104 cm³/mol. The van der Waals surface area contributed by atoms with Gasteiger partial charge in [0.15, 0.2) is 9.84 Å². The van der Waals surface area contributed by atoms with Gasteiger partial charge in [-0.3, -0.25) is 4.68 Å². The van der Waals surface area contributed by atoms with E-state index in [-0.39, 0.29) is 21.8 Å². The number of hydrogen-bond donors (Lipinski definition) is 0. The number of hydrogen-bond acceptors (Lipinski definition) is 5. The van der Waals surface area contributed by atoms with Gasteiger partial charge in [0.05, 0.1) is 29.0 Å². The third kappa shape index (κ3) is 4.89. The average Bonchev–Trinajstić information content (AvgIpc) is 3.10. The number of benzene rings is 2. The molecule has 0 spiro atoms. The van der Waals surface area contributed by atoms with E-state index in [1.54, 1.807) is 19.3 Å². The van der Waals surface area contributed by atoms with Crippen LogP contribution in [0, 0.1) is 17.7 Å². The van der Waals surface area contributed by atoms with Gasteiger partial charge in [0.25, 0.3) is 0 Å². The second-order valence-corrected chi connectivity index (χ2v) is 8.16. The molecule has 0 N–H and O–H groups in total. The molecular formula is C21H17FN2O4S. The number of aryl methyl sites for hydroxylation is 1. The molecule has 0 unspecified atom stereocenters. The van der Waals surface area contributed by atoms with E-state index in [4.69, 9.17) is 4.74 Å². The Morgan fingerprint density at radius 2 is 1.86 bits per heavy atom. The largest absolute Gasteiger partial charge is 0.465 e. The Bertz CT molecular complexity index is 1220. The molecule has 0 aliphatic rings. The number of halogens is 1. The molecule has 0 aliphatic carbocycles. The molecule has 0 radical (unpaired) electrons. The third-order valence-corrected chi connectivity index (χ3v) is 5.73. The van der Waals surface area contributed by atoms with Gasteiger partial charge >= 0.3 is 5.97 Å². The SMILES string of the molecule is COC(=O)c1ccc(S(=O)(=O)Cc2ccn(C)n2)c(C#Cc2ccc(F)cc2)c1. The van der Waals surface area contributed by atoms with Crippen LogP contribution in [0.3, 0.4) is 0 Å². The molecule has 3 rings (SSSR count). The second kappa shape index (κ2) is 8.29. The Morgan fingerprint density at radius 1 is 1.14 bits per heavy atom. The van der Waals surface area contributed by atoms with E-state index in [1.165, 1.54) is 54.3 Å². The number of carbonyl (C=O) groups excluding carboxylic acids is 1. The fourth-order valence-corrected chi connectivity index (χ4v) is 4.05. The van der Waals surface area contributed by atoms with E-state index in [2.05, 4.69) is 16.9 Å². The Kier molecular flexibility index (Phi) is 5.80. The summed E-state index contributed by atoms with van der Waals surface area (Å²) in [6.07, 6.45) is 1.65. The highest BCUT2D eigenvalue weighted by atomic mass is 32.2. The van der Waals surface area contributed by atoms with Gasteiger partial charge in [0.1, 0.15) is 5.82 Å². The number of esters is 1. The predicted octanol–water partition coefficient (Wildman–Crippen LogP) is 2.72. The molecule has 0 amide bonds. The number of rotatable bonds is 4. The minimum absolute atomic E-state index is 0.0228. The van der Waals surface area contributed by atoms with Crippen molar-refractivity contribution in [2.45, 2.75) is 10.6 Å². The van der Waals surface area contributed by atoms with Gasteiger partial charge in [-0.2, -0.15) is 5.10 Å². The molecule has 2 aromatic carbocycles. The molecule has 0 saturated carbocycles. The zero-order valence-corrected chi connectivity index (χ0v) is 16.5. The third-order valence-electron chi connectivity index (χ3n) is 4.03. The first kappa shape index (κ1) is 20.3. The summed E-state index contributed by atoms with van der Waals surface area (Å²) in [6, 6.07) is 11.2. The molecule has 0 bridgehead atoms. The highest BCUT2D eigenvalue weighted by molar-refractivity contribution is 7.90. The Hall–Kier alpha value is -3.44. The van der Waals surface area contributed by atoms with E-state index in [0.29, 0.717) is 11.3 Å². The fourth-order valence-electron chi connectivity index (χ4n) is 2.63. The highest BCUT2D eigenvalue weighted by Crippen LogP contribution is 2.22. The summed E-state index contributed by atoms with van der Waals surface area (Å²) in [7, 11) is -0.852. The van der Waals surface area contributed by atoms with Gasteiger partial charge in [-0.15, -0.1) is 0 Å². The van der Waals surface area contributed by atoms with Gasteiger partial charge in [0, 0.05) is 24.4 Å². The van der Waals surface area contributed by atoms with Crippen molar-refractivity contribution in [3.05, 3.63) is 82.9 Å². The summed E-state index contributed by atoms with van der Waals surface area (Å²) in [6.45, 7) is 0. The minimum Gasteiger partial charge on any atom is -0.465 e. The molecule has 1 heterocycles. The second-order valence-electron chi connectivity index (χ2n) is 6.20. The summed E-state index contributed by atoms with van der Waals surface area (Å²) < 4.78 is 45.2. The van der Waals surface area contributed by atoms with Crippen LogP contribution < -0.4 is 0 Å². The van der Waals surface area contributed by atoms with Crippen LogP contribution in [-0.2, 0) is 27.4 Å². The first-order valence-corrected chi connectivity index (χ1v) is 10.1. The van der Waals surface area contributed by atoms with Gasteiger partial charge in [0.2, 0.25) is 0 Å². The van der Waals surface area contributed by atoms with Crippen molar-refractivity contribution in [2.75, 3.05) is 7.11 Å². The summed E-state index contributed by atoms with van der Waals surface area (Å²) in [5, 5.41) is 4.10. The maximum Gasteiger partial charge on any atom is 0.337 e. The van der Waals surface area contributed by atoms with Crippen LogP contribution in [0.1, 0.15) is 27.2 Å².